The molecule has 19 heavy (non-hydrogen) atoms. The maximum Gasteiger partial charge on any atom is 0.0430 e. The molecule has 0 bridgehead atoms. The van der Waals surface area contributed by atoms with Gasteiger partial charge in [0.25, 0.3) is 0 Å². The second-order valence-corrected chi connectivity index (χ2v) is 6.43. The zero-order chi connectivity index (χ0) is 13.3. The quantitative estimate of drug-likeness (QED) is 0.876. The van der Waals surface area contributed by atoms with E-state index in [1.807, 2.05) is 0 Å². The number of rotatable bonds is 2. The summed E-state index contributed by atoms with van der Waals surface area (Å²) >= 11 is 0. The average molecular weight is 258 g/mol. The van der Waals surface area contributed by atoms with Gasteiger partial charge in [0.2, 0.25) is 0 Å². The zero-order valence-corrected chi connectivity index (χ0v) is 12.1. The van der Waals surface area contributed by atoms with Crippen LogP contribution >= 0.6 is 0 Å². The first kappa shape index (κ1) is 13.0. The molecular weight excluding hydrogens is 232 g/mol. The number of benzene rings is 1. The van der Waals surface area contributed by atoms with Crippen molar-refractivity contribution in [2.45, 2.75) is 57.4 Å². The molecule has 2 nitrogen and oxygen atoms in total. The highest BCUT2D eigenvalue weighted by molar-refractivity contribution is 5.58. The van der Waals surface area contributed by atoms with Gasteiger partial charge in [-0.1, -0.05) is 30.5 Å². The van der Waals surface area contributed by atoms with Crippen molar-refractivity contribution in [3.63, 3.8) is 0 Å². The van der Waals surface area contributed by atoms with Crippen LogP contribution in [0.3, 0.4) is 0 Å². The van der Waals surface area contributed by atoms with E-state index in [1.54, 1.807) is 0 Å². The molecule has 104 valence electrons. The molecule has 0 radical (unpaired) electrons. The van der Waals surface area contributed by atoms with Gasteiger partial charge in [-0.05, 0) is 50.7 Å². The fourth-order valence-electron chi connectivity index (χ4n) is 3.73. The summed E-state index contributed by atoms with van der Waals surface area (Å²) in [5, 5.41) is 0. The van der Waals surface area contributed by atoms with Crippen LogP contribution in [-0.4, -0.2) is 13.1 Å². The lowest BCUT2D eigenvalue weighted by Crippen LogP contribution is -2.37. The minimum atomic E-state index is -0.0706. The molecule has 1 aliphatic heterocycles. The van der Waals surface area contributed by atoms with Crippen LogP contribution in [0.1, 0.15) is 56.1 Å². The van der Waals surface area contributed by atoms with Crippen molar-refractivity contribution >= 4 is 5.69 Å². The fraction of sp³-hybridized carbons (Fsp3) is 0.647. The Morgan fingerprint density at radius 2 is 1.68 bits per heavy atom. The van der Waals surface area contributed by atoms with Gasteiger partial charge in [-0.3, -0.25) is 0 Å². The third-order valence-corrected chi connectivity index (χ3v) is 4.88. The second-order valence-electron chi connectivity index (χ2n) is 6.43. The van der Waals surface area contributed by atoms with Crippen molar-refractivity contribution < 1.29 is 0 Å². The summed E-state index contributed by atoms with van der Waals surface area (Å²) in [4.78, 5) is 2.56. The van der Waals surface area contributed by atoms with Crippen LogP contribution in [-0.2, 0) is 5.54 Å². The van der Waals surface area contributed by atoms with Crippen molar-refractivity contribution in [3.05, 3.63) is 29.3 Å². The highest BCUT2D eigenvalue weighted by atomic mass is 15.1. The fourth-order valence-corrected chi connectivity index (χ4v) is 3.73. The first-order chi connectivity index (χ1) is 9.19. The van der Waals surface area contributed by atoms with Gasteiger partial charge in [0.1, 0.15) is 0 Å². The Labute approximate surface area is 117 Å². The SMILES string of the molecule is Cc1ccc(N2CCCCC2)c(C2(N)CCCC2)c1. The summed E-state index contributed by atoms with van der Waals surface area (Å²) in [6.45, 7) is 4.58. The van der Waals surface area contributed by atoms with Gasteiger partial charge < -0.3 is 10.6 Å². The number of aryl methyl sites for hydroxylation is 1. The van der Waals surface area contributed by atoms with Crippen LogP contribution in [0.5, 0.6) is 0 Å². The first-order valence-electron chi connectivity index (χ1n) is 7.84. The molecule has 2 aliphatic rings. The van der Waals surface area contributed by atoms with E-state index in [2.05, 4.69) is 30.0 Å². The molecular formula is C17H26N2. The van der Waals surface area contributed by atoms with Gasteiger partial charge in [0.15, 0.2) is 0 Å². The number of anilines is 1. The molecule has 0 spiro atoms. The van der Waals surface area contributed by atoms with E-state index in [1.165, 1.54) is 62.0 Å². The lowest BCUT2D eigenvalue weighted by atomic mass is 9.86. The Kier molecular flexibility index (Phi) is 3.53. The molecule has 0 aromatic heterocycles. The van der Waals surface area contributed by atoms with Crippen molar-refractivity contribution in [2.24, 2.45) is 5.73 Å². The molecule has 0 amide bonds. The largest absolute Gasteiger partial charge is 0.371 e. The van der Waals surface area contributed by atoms with E-state index in [0.29, 0.717) is 0 Å². The van der Waals surface area contributed by atoms with Crippen LogP contribution in [0.4, 0.5) is 5.69 Å². The maximum atomic E-state index is 6.73. The maximum absolute atomic E-state index is 6.73. The second kappa shape index (κ2) is 5.16. The normalized spacial score (nSPS) is 22.7. The van der Waals surface area contributed by atoms with Crippen LogP contribution in [0.15, 0.2) is 18.2 Å². The Balaban J connectivity index is 1.98. The molecule has 1 saturated carbocycles. The number of hydrogen-bond acceptors (Lipinski definition) is 2. The molecule has 1 heterocycles. The number of hydrogen-bond donors (Lipinski definition) is 1. The van der Waals surface area contributed by atoms with Gasteiger partial charge >= 0.3 is 0 Å². The average Bonchev–Trinajstić information content (AvgIpc) is 2.88. The molecule has 2 heteroatoms. The number of piperidine rings is 1. The van der Waals surface area contributed by atoms with E-state index >= 15 is 0 Å². The molecule has 1 aromatic carbocycles. The molecule has 2 fully saturated rings. The van der Waals surface area contributed by atoms with Gasteiger partial charge in [-0.25, -0.2) is 0 Å². The lowest BCUT2D eigenvalue weighted by Gasteiger charge is -2.35. The van der Waals surface area contributed by atoms with Gasteiger partial charge in [0, 0.05) is 24.3 Å². The lowest BCUT2D eigenvalue weighted by molar-refractivity contribution is 0.458. The Bertz CT molecular complexity index is 441. The standard InChI is InChI=1S/C17H26N2/c1-14-7-8-16(19-11-5-2-6-12-19)15(13-14)17(18)9-3-4-10-17/h7-8,13H,2-6,9-12,18H2,1H3. The summed E-state index contributed by atoms with van der Waals surface area (Å²) in [5.41, 5.74) is 10.8. The van der Waals surface area contributed by atoms with Crippen molar-refractivity contribution in [1.82, 2.24) is 0 Å². The third-order valence-electron chi connectivity index (χ3n) is 4.88. The highest BCUT2D eigenvalue weighted by Gasteiger charge is 2.34. The van der Waals surface area contributed by atoms with Crippen LogP contribution in [0.25, 0.3) is 0 Å². The molecule has 1 aliphatic carbocycles. The van der Waals surface area contributed by atoms with Crippen LogP contribution in [0, 0.1) is 6.92 Å². The Morgan fingerprint density at radius 3 is 2.37 bits per heavy atom. The van der Waals surface area contributed by atoms with E-state index in [9.17, 15) is 0 Å². The molecule has 1 aromatic rings. The van der Waals surface area contributed by atoms with Crippen molar-refractivity contribution in [1.29, 1.82) is 0 Å². The summed E-state index contributed by atoms with van der Waals surface area (Å²) in [7, 11) is 0. The van der Waals surface area contributed by atoms with E-state index < -0.39 is 0 Å². The predicted molar refractivity (Wildman–Crippen MR) is 81.6 cm³/mol. The van der Waals surface area contributed by atoms with E-state index in [4.69, 9.17) is 5.73 Å². The third kappa shape index (κ3) is 2.51. The predicted octanol–water partition coefficient (Wildman–Crippen LogP) is 3.71. The van der Waals surface area contributed by atoms with E-state index in [-0.39, 0.29) is 5.54 Å². The van der Waals surface area contributed by atoms with Crippen LogP contribution < -0.4 is 10.6 Å². The molecule has 2 N–H and O–H groups in total. The van der Waals surface area contributed by atoms with Gasteiger partial charge in [-0.2, -0.15) is 0 Å². The zero-order valence-electron chi connectivity index (χ0n) is 12.1. The van der Waals surface area contributed by atoms with Crippen molar-refractivity contribution in [2.75, 3.05) is 18.0 Å². The monoisotopic (exact) mass is 258 g/mol. The molecule has 3 rings (SSSR count). The summed E-state index contributed by atoms with van der Waals surface area (Å²) in [6.07, 6.45) is 8.89. The smallest absolute Gasteiger partial charge is 0.0430 e. The minimum absolute atomic E-state index is 0.0706. The number of nitrogens with zero attached hydrogens (tertiary/aromatic N) is 1. The van der Waals surface area contributed by atoms with Crippen LogP contribution in [0.2, 0.25) is 0 Å². The summed E-state index contributed by atoms with van der Waals surface area (Å²) in [5.74, 6) is 0. The Hall–Kier alpha value is -1.02. The minimum Gasteiger partial charge on any atom is -0.371 e. The molecule has 1 saturated heterocycles. The molecule has 0 unspecified atom stereocenters. The van der Waals surface area contributed by atoms with E-state index in [0.717, 1.165) is 12.8 Å². The van der Waals surface area contributed by atoms with Gasteiger partial charge in [0.05, 0.1) is 0 Å². The first-order valence-corrected chi connectivity index (χ1v) is 7.84. The van der Waals surface area contributed by atoms with Gasteiger partial charge in [-0.15, -0.1) is 0 Å². The summed E-state index contributed by atoms with van der Waals surface area (Å²) < 4.78 is 0. The Morgan fingerprint density at radius 1 is 1.00 bits per heavy atom. The van der Waals surface area contributed by atoms with Crippen molar-refractivity contribution in [3.8, 4) is 0 Å². The topological polar surface area (TPSA) is 29.3 Å². The summed E-state index contributed by atoms with van der Waals surface area (Å²) in [6, 6.07) is 6.89. The highest BCUT2D eigenvalue weighted by Crippen LogP contribution is 2.41. The number of nitrogens with two attached hydrogens (primary N) is 1. The molecule has 0 atom stereocenters.